The van der Waals surface area contributed by atoms with Crippen molar-refractivity contribution in [2.45, 2.75) is 40.3 Å². The highest BCUT2D eigenvalue weighted by Crippen LogP contribution is 2.06. The van der Waals surface area contributed by atoms with Crippen LogP contribution in [-0.2, 0) is 6.54 Å². The summed E-state index contributed by atoms with van der Waals surface area (Å²) in [5.74, 6) is 0. The lowest BCUT2D eigenvalue weighted by atomic mass is 10.4. The van der Waals surface area contributed by atoms with Crippen LogP contribution >= 0.6 is 0 Å². The summed E-state index contributed by atoms with van der Waals surface area (Å²) in [5.41, 5.74) is 1.11. The van der Waals surface area contributed by atoms with Crippen molar-refractivity contribution in [3.05, 3.63) is 12.4 Å². The van der Waals surface area contributed by atoms with Crippen molar-refractivity contribution in [1.82, 2.24) is 14.7 Å². The normalized spacial score (nSPS) is 11.4. The van der Waals surface area contributed by atoms with E-state index in [2.05, 4.69) is 49.2 Å². The van der Waals surface area contributed by atoms with Gasteiger partial charge in [-0.25, -0.2) is 0 Å². The molecule has 0 radical (unpaired) electrons. The number of rotatable bonds is 7. The van der Waals surface area contributed by atoms with Gasteiger partial charge in [0.15, 0.2) is 0 Å². The lowest BCUT2D eigenvalue weighted by Gasteiger charge is -2.17. The maximum atomic E-state index is 4.34. The molecule has 4 nitrogen and oxygen atoms in total. The molecular weight excluding hydrogens is 200 g/mol. The van der Waals surface area contributed by atoms with Crippen LogP contribution in [0.1, 0.15) is 27.7 Å². The minimum absolute atomic E-state index is 0.459. The number of aromatic nitrogens is 2. The van der Waals surface area contributed by atoms with Crippen molar-refractivity contribution < 1.29 is 0 Å². The summed E-state index contributed by atoms with van der Waals surface area (Å²) < 4.78 is 2.00. The van der Waals surface area contributed by atoms with E-state index in [-0.39, 0.29) is 0 Å². The van der Waals surface area contributed by atoms with Crippen LogP contribution < -0.4 is 5.32 Å². The molecule has 0 atom stereocenters. The van der Waals surface area contributed by atoms with Gasteiger partial charge < -0.3 is 10.2 Å². The first-order valence-electron chi connectivity index (χ1n) is 6.17. The van der Waals surface area contributed by atoms with Gasteiger partial charge in [-0.2, -0.15) is 5.10 Å². The summed E-state index contributed by atoms with van der Waals surface area (Å²) in [6.07, 6.45) is 3.96. The molecule has 4 heteroatoms. The molecule has 16 heavy (non-hydrogen) atoms. The molecule has 1 aromatic heterocycles. The van der Waals surface area contributed by atoms with E-state index < -0.39 is 0 Å². The summed E-state index contributed by atoms with van der Waals surface area (Å²) in [6.45, 7) is 12.9. The molecule has 1 heterocycles. The number of hydrogen-bond acceptors (Lipinski definition) is 3. The predicted molar refractivity (Wildman–Crippen MR) is 68.8 cm³/mol. The van der Waals surface area contributed by atoms with Gasteiger partial charge in [0, 0.05) is 18.8 Å². The van der Waals surface area contributed by atoms with E-state index in [9.17, 15) is 0 Å². The SMILES string of the molecule is CCN(CC)CCn1cc(NC(C)C)cn1. The van der Waals surface area contributed by atoms with Crippen molar-refractivity contribution in [2.75, 3.05) is 25.0 Å². The average Bonchev–Trinajstić information content (AvgIpc) is 2.66. The molecule has 0 fully saturated rings. The first-order chi connectivity index (χ1) is 7.65. The van der Waals surface area contributed by atoms with Crippen molar-refractivity contribution in [3.8, 4) is 0 Å². The predicted octanol–water partition coefficient (Wildman–Crippen LogP) is 2.05. The second-order valence-corrected chi connectivity index (χ2v) is 4.32. The van der Waals surface area contributed by atoms with E-state index >= 15 is 0 Å². The Morgan fingerprint density at radius 2 is 2.06 bits per heavy atom. The maximum absolute atomic E-state index is 4.34. The fraction of sp³-hybridized carbons (Fsp3) is 0.750. The molecule has 0 aliphatic heterocycles. The molecule has 1 aromatic rings. The van der Waals surface area contributed by atoms with Crippen molar-refractivity contribution >= 4 is 5.69 Å². The summed E-state index contributed by atoms with van der Waals surface area (Å²) in [6, 6.07) is 0.459. The molecular formula is C12H24N4. The molecule has 0 amide bonds. The second kappa shape index (κ2) is 6.53. The lowest BCUT2D eigenvalue weighted by molar-refractivity contribution is 0.285. The third-order valence-corrected chi connectivity index (χ3v) is 2.63. The van der Waals surface area contributed by atoms with Gasteiger partial charge in [-0.15, -0.1) is 0 Å². The van der Waals surface area contributed by atoms with Crippen LogP contribution in [0, 0.1) is 0 Å². The molecule has 0 saturated carbocycles. The molecule has 1 rings (SSSR count). The first-order valence-corrected chi connectivity index (χ1v) is 6.17. The molecule has 0 spiro atoms. The van der Waals surface area contributed by atoms with E-state index in [1.54, 1.807) is 0 Å². The summed E-state index contributed by atoms with van der Waals surface area (Å²) in [5, 5.41) is 7.68. The van der Waals surface area contributed by atoms with Crippen LogP contribution in [0.15, 0.2) is 12.4 Å². The van der Waals surface area contributed by atoms with Gasteiger partial charge in [0.1, 0.15) is 0 Å². The topological polar surface area (TPSA) is 33.1 Å². The Morgan fingerprint density at radius 3 is 2.62 bits per heavy atom. The van der Waals surface area contributed by atoms with Crippen molar-refractivity contribution in [1.29, 1.82) is 0 Å². The Morgan fingerprint density at radius 1 is 1.38 bits per heavy atom. The quantitative estimate of drug-likeness (QED) is 0.769. The van der Waals surface area contributed by atoms with Gasteiger partial charge in [-0.3, -0.25) is 4.68 Å². The van der Waals surface area contributed by atoms with E-state index in [1.807, 2.05) is 10.9 Å². The standard InChI is InChI=1S/C12H24N4/c1-5-15(6-2)7-8-16-10-12(9-13-16)14-11(3)4/h9-11,14H,5-8H2,1-4H3. The van der Waals surface area contributed by atoms with Crippen LogP contribution in [0.5, 0.6) is 0 Å². The first kappa shape index (κ1) is 13.0. The number of anilines is 1. The fourth-order valence-corrected chi connectivity index (χ4v) is 1.68. The Bertz CT molecular complexity index is 289. The van der Waals surface area contributed by atoms with Crippen LogP contribution in [0.25, 0.3) is 0 Å². The maximum Gasteiger partial charge on any atom is 0.0728 e. The molecule has 0 aromatic carbocycles. The number of hydrogen-bond donors (Lipinski definition) is 1. The largest absolute Gasteiger partial charge is 0.380 e. The fourth-order valence-electron chi connectivity index (χ4n) is 1.68. The Labute approximate surface area is 98.6 Å². The van der Waals surface area contributed by atoms with Crippen LogP contribution in [-0.4, -0.2) is 40.4 Å². The monoisotopic (exact) mass is 224 g/mol. The highest BCUT2D eigenvalue weighted by Gasteiger charge is 2.02. The molecule has 0 unspecified atom stereocenters. The number of nitrogens with one attached hydrogen (secondary N) is 1. The van der Waals surface area contributed by atoms with E-state index in [1.165, 1.54) is 0 Å². The minimum Gasteiger partial charge on any atom is -0.380 e. The Hall–Kier alpha value is -1.03. The second-order valence-electron chi connectivity index (χ2n) is 4.32. The average molecular weight is 224 g/mol. The molecule has 0 aliphatic rings. The van der Waals surface area contributed by atoms with E-state index in [0.29, 0.717) is 6.04 Å². The molecule has 92 valence electrons. The Kier molecular flexibility index (Phi) is 5.32. The number of nitrogens with zero attached hydrogens (tertiary/aromatic N) is 3. The van der Waals surface area contributed by atoms with E-state index in [0.717, 1.165) is 31.9 Å². The van der Waals surface area contributed by atoms with Gasteiger partial charge in [0.05, 0.1) is 18.4 Å². The Balaban J connectivity index is 2.39. The van der Waals surface area contributed by atoms with Gasteiger partial charge in [-0.1, -0.05) is 13.8 Å². The third kappa shape index (κ3) is 4.23. The van der Waals surface area contributed by atoms with Gasteiger partial charge in [0.25, 0.3) is 0 Å². The molecule has 0 saturated heterocycles. The van der Waals surface area contributed by atoms with Crippen LogP contribution in [0.2, 0.25) is 0 Å². The van der Waals surface area contributed by atoms with Gasteiger partial charge in [0.2, 0.25) is 0 Å². The zero-order valence-electron chi connectivity index (χ0n) is 10.9. The lowest BCUT2D eigenvalue weighted by Crippen LogP contribution is -2.27. The highest BCUT2D eigenvalue weighted by atomic mass is 15.3. The summed E-state index contributed by atoms with van der Waals surface area (Å²) in [7, 11) is 0. The van der Waals surface area contributed by atoms with Crippen molar-refractivity contribution in [2.24, 2.45) is 0 Å². The third-order valence-electron chi connectivity index (χ3n) is 2.63. The number of likely N-dealkylation sites (N-methyl/N-ethyl adjacent to an activating group) is 1. The van der Waals surface area contributed by atoms with Crippen molar-refractivity contribution in [3.63, 3.8) is 0 Å². The van der Waals surface area contributed by atoms with Crippen LogP contribution in [0.4, 0.5) is 5.69 Å². The smallest absolute Gasteiger partial charge is 0.0728 e. The summed E-state index contributed by atoms with van der Waals surface area (Å²) >= 11 is 0. The minimum atomic E-state index is 0.459. The van der Waals surface area contributed by atoms with Gasteiger partial charge in [-0.05, 0) is 26.9 Å². The summed E-state index contributed by atoms with van der Waals surface area (Å²) in [4.78, 5) is 2.40. The molecule has 0 aliphatic carbocycles. The van der Waals surface area contributed by atoms with Crippen LogP contribution in [0.3, 0.4) is 0 Å². The highest BCUT2D eigenvalue weighted by molar-refractivity contribution is 5.38. The molecule has 0 bridgehead atoms. The molecule has 1 N–H and O–H groups in total. The van der Waals surface area contributed by atoms with E-state index in [4.69, 9.17) is 0 Å². The zero-order valence-corrected chi connectivity index (χ0v) is 10.9. The van der Waals surface area contributed by atoms with Gasteiger partial charge >= 0.3 is 0 Å². The zero-order chi connectivity index (χ0) is 12.0.